The molecule has 0 saturated heterocycles. The van der Waals surface area contributed by atoms with Crippen LogP contribution in [0, 0.1) is 11.3 Å². The van der Waals surface area contributed by atoms with Gasteiger partial charge in [-0.3, -0.25) is 10.2 Å². The largest absolute Gasteiger partial charge is 0.435 e. The van der Waals surface area contributed by atoms with Gasteiger partial charge in [0.1, 0.15) is 11.8 Å². The van der Waals surface area contributed by atoms with Crippen molar-refractivity contribution in [2.75, 3.05) is 5.43 Å². The fraction of sp³-hybridized carbons (Fsp3) is 0.0625. The van der Waals surface area contributed by atoms with E-state index in [9.17, 15) is 4.79 Å². The van der Waals surface area contributed by atoms with Crippen LogP contribution in [0.3, 0.4) is 0 Å². The first-order chi connectivity index (χ1) is 10.6. The summed E-state index contributed by atoms with van der Waals surface area (Å²) in [5.41, 5.74) is 3.58. The first kappa shape index (κ1) is 15.5. The van der Waals surface area contributed by atoms with Crippen molar-refractivity contribution in [2.45, 2.75) is 6.92 Å². The van der Waals surface area contributed by atoms with Gasteiger partial charge < -0.3 is 4.74 Å². The number of ether oxygens (including phenoxy) is 1. The summed E-state index contributed by atoms with van der Waals surface area (Å²) in [5, 5.41) is 13.5. The van der Waals surface area contributed by atoms with Gasteiger partial charge in [-0.2, -0.15) is 5.26 Å². The monoisotopic (exact) mass is 313 g/mol. The molecular weight excluding hydrogens is 302 g/mol. The van der Waals surface area contributed by atoms with Crippen LogP contribution in [-0.4, -0.2) is 11.7 Å². The van der Waals surface area contributed by atoms with E-state index in [0.717, 1.165) is 0 Å². The summed E-state index contributed by atoms with van der Waals surface area (Å²) in [6.45, 7) is 1.34. The van der Waals surface area contributed by atoms with Gasteiger partial charge in [0, 0.05) is 11.9 Å². The number of carbonyl (C=O) groups excluding carboxylic acids is 1. The minimum atomic E-state index is -0.350. The Hall–Kier alpha value is -2.84. The van der Waals surface area contributed by atoms with Crippen LogP contribution in [0.15, 0.2) is 53.6 Å². The highest BCUT2D eigenvalue weighted by atomic mass is 35.5. The minimum absolute atomic E-state index is 0.116. The van der Waals surface area contributed by atoms with Crippen LogP contribution >= 0.6 is 11.6 Å². The van der Waals surface area contributed by atoms with Crippen molar-refractivity contribution in [1.29, 1.82) is 5.26 Å². The van der Waals surface area contributed by atoms with E-state index in [4.69, 9.17) is 21.6 Å². The average Bonchev–Trinajstić information content (AvgIpc) is 2.53. The number of nitrogens with one attached hydrogen (secondary N) is 1. The van der Waals surface area contributed by atoms with Crippen LogP contribution < -0.4 is 10.2 Å². The molecule has 5 nitrogen and oxygen atoms in total. The van der Waals surface area contributed by atoms with Gasteiger partial charge in [-0.15, -0.1) is 5.10 Å². The molecule has 0 aliphatic carbocycles. The van der Waals surface area contributed by atoms with Crippen LogP contribution in [0.4, 0.5) is 5.69 Å². The molecule has 6 heteroatoms. The number of halogens is 1. The summed E-state index contributed by atoms with van der Waals surface area (Å²) in [4.78, 5) is 11.6. The SMILES string of the molecule is CC(=O)/C(=N\Nc1ccccc1C#N)Oc1ccc(Cl)cc1. The highest BCUT2D eigenvalue weighted by Crippen LogP contribution is 2.17. The predicted molar refractivity (Wildman–Crippen MR) is 85.0 cm³/mol. The molecule has 2 rings (SSSR count). The quantitative estimate of drug-likeness (QED) is 0.531. The van der Waals surface area contributed by atoms with Gasteiger partial charge in [-0.1, -0.05) is 23.7 Å². The molecule has 110 valence electrons. The molecule has 1 N–H and O–H groups in total. The van der Waals surface area contributed by atoms with Crippen molar-refractivity contribution in [2.24, 2.45) is 5.10 Å². The first-order valence-electron chi connectivity index (χ1n) is 6.37. The van der Waals surface area contributed by atoms with Crippen molar-refractivity contribution < 1.29 is 9.53 Å². The fourth-order valence-electron chi connectivity index (χ4n) is 1.58. The Morgan fingerprint density at radius 3 is 2.55 bits per heavy atom. The summed E-state index contributed by atoms with van der Waals surface area (Å²) >= 11 is 5.79. The highest BCUT2D eigenvalue weighted by Gasteiger charge is 2.10. The second-order valence-corrected chi connectivity index (χ2v) is 4.73. The maximum absolute atomic E-state index is 11.6. The number of carbonyl (C=O) groups is 1. The molecule has 0 aliphatic heterocycles. The van der Waals surface area contributed by atoms with Crippen molar-refractivity contribution in [3.8, 4) is 11.8 Å². The lowest BCUT2D eigenvalue weighted by Gasteiger charge is -2.08. The normalized spacial score (nSPS) is 10.7. The van der Waals surface area contributed by atoms with E-state index in [0.29, 0.717) is 22.0 Å². The number of hydrazone groups is 1. The van der Waals surface area contributed by atoms with E-state index in [2.05, 4.69) is 10.5 Å². The van der Waals surface area contributed by atoms with Crippen molar-refractivity contribution >= 4 is 29.0 Å². The average molecular weight is 314 g/mol. The molecule has 0 spiro atoms. The molecule has 0 aromatic heterocycles. The number of nitrogens with zero attached hydrogens (tertiary/aromatic N) is 2. The lowest BCUT2D eigenvalue weighted by Crippen LogP contribution is -2.19. The zero-order valence-electron chi connectivity index (χ0n) is 11.7. The standard InChI is InChI=1S/C16H12ClN3O2/c1-11(21)16(22-14-8-6-13(17)7-9-14)20-19-15-5-3-2-4-12(15)10-18/h2-9,19H,1H3/b20-16+. The van der Waals surface area contributed by atoms with Crippen LogP contribution in [0.25, 0.3) is 0 Å². The lowest BCUT2D eigenvalue weighted by atomic mass is 10.2. The molecule has 0 heterocycles. The number of anilines is 1. The van der Waals surface area contributed by atoms with Crippen LogP contribution in [0.5, 0.6) is 5.75 Å². The zero-order valence-corrected chi connectivity index (χ0v) is 12.5. The number of ketones is 1. The van der Waals surface area contributed by atoms with Crippen molar-refractivity contribution in [1.82, 2.24) is 0 Å². The summed E-state index contributed by atoms with van der Waals surface area (Å²) in [7, 11) is 0. The molecule has 22 heavy (non-hydrogen) atoms. The van der Waals surface area contributed by atoms with E-state index in [1.165, 1.54) is 6.92 Å². The van der Waals surface area contributed by atoms with Crippen molar-refractivity contribution in [3.05, 3.63) is 59.1 Å². The van der Waals surface area contributed by atoms with Gasteiger partial charge >= 0.3 is 0 Å². The fourth-order valence-corrected chi connectivity index (χ4v) is 1.70. The van der Waals surface area contributed by atoms with Crippen LogP contribution in [-0.2, 0) is 4.79 Å². The molecule has 2 aromatic rings. The Kier molecular flexibility index (Phi) is 5.12. The smallest absolute Gasteiger partial charge is 0.280 e. The number of para-hydroxylation sites is 1. The molecule has 0 aliphatic rings. The van der Waals surface area contributed by atoms with Crippen molar-refractivity contribution in [3.63, 3.8) is 0 Å². The molecule has 0 radical (unpaired) electrons. The second-order valence-electron chi connectivity index (χ2n) is 4.30. The number of hydrogen-bond donors (Lipinski definition) is 1. The third-order valence-electron chi connectivity index (χ3n) is 2.65. The van der Waals surface area contributed by atoms with E-state index in [1.54, 1.807) is 48.5 Å². The van der Waals surface area contributed by atoms with E-state index in [-0.39, 0.29) is 11.7 Å². The summed E-state index contributed by atoms with van der Waals surface area (Å²) in [6, 6.07) is 15.4. The van der Waals surface area contributed by atoms with Crippen LogP contribution in [0.1, 0.15) is 12.5 Å². The number of hydrogen-bond acceptors (Lipinski definition) is 5. The molecule has 0 bridgehead atoms. The maximum atomic E-state index is 11.6. The Morgan fingerprint density at radius 2 is 1.91 bits per heavy atom. The van der Waals surface area contributed by atoms with E-state index < -0.39 is 0 Å². The van der Waals surface area contributed by atoms with Gasteiger partial charge in [0.2, 0.25) is 5.78 Å². The number of benzene rings is 2. The minimum Gasteiger partial charge on any atom is -0.435 e. The number of rotatable bonds is 4. The predicted octanol–water partition coefficient (Wildman–Crippen LogP) is 3.61. The Labute approximate surface area is 132 Å². The second kappa shape index (κ2) is 7.25. The zero-order chi connectivity index (χ0) is 15.9. The van der Waals surface area contributed by atoms with E-state index >= 15 is 0 Å². The Balaban J connectivity index is 2.19. The lowest BCUT2D eigenvalue weighted by molar-refractivity contribution is -0.111. The first-order valence-corrected chi connectivity index (χ1v) is 6.75. The number of Topliss-reactive ketones (excluding diaryl/α,β-unsaturated/α-hetero) is 1. The third-order valence-corrected chi connectivity index (χ3v) is 2.91. The molecule has 0 unspecified atom stereocenters. The van der Waals surface area contributed by atoms with Gasteiger partial charge in [-0.05, 0) is 36.4 Å². The topological polar surface area (TPSA) is 74.5 Å². The molecular formula is C16H12ClN3O2. The summed E-state index contributed by atoms with van der Waals surface area (Å²) in [6.07, 6.45) is 0. The Morgan fingerprint density at radius 1 is 1.23 bits per heavy atom. The van der Waals surface area contributed by atoms with Crippen LogP contribution in [0.2, 0.25) is 5.02 Å². The maximum Gasteiger partial charge on any atom is 0.280 e. The highest BCUT2D eigenvalue weighted by molar-refractivity contribution is 6.36. The molecule has 0 amide bonds. The van der Waals surface area contributed by atoms with Gasteiger partial charge in [0.15, 0.2) is 0 Å². The number of nitriles is 1. The van der Waals surface area contributed by atoms with Gasteiger partial charge in [0.25, 0.3) is 5.90 Å². The van der Waals surface area contributed by atoms with Gasteiger partial charge in [-0.25, -0.2) is 0 Å². The third kappa shape index (κ3) is 4.08. The van der Waals surface area contributed by atoms with Gasteiger partial charge in [0.05, 0.1) is 11.3 Å². The summed E-state index contributed by atoms with van der Waals surface area (Å²) in [5.74, 6) is -0.0272. The van der Waals surface area contributed by atoms with E-state index in [1.807, 2.05) is 6.07 Å². The molecule has 0 saturated carbocycles. The molecule has 0 atom stereocenters. The summed E-state index contributed by atoms with van der Waals surface area (Å²) < 4.78 is 5.42. The Bertz CT molecular complexity index is 749. The molecule has 0 fully saturated rings. The molecule has 2 aromatic carbocycles.